The van der Waals surface area contributed by atoms with Crippen molar-refractivity contribution in [1.82, 2.24) is 5.32 Å². The Hall–Kier alpha value is -1.26. The molecule has 5 nitrogen and oxygen atoms in total. The molecule has 106 valence electrons. The van der Waals surface area contributed by atoms with Crippen LogP contribution in [0.4, 0.5) is 4.79 Å². The summed E-state index contributed by atoms with van der Waals surface area (Å²) in [6.45, 7) is 6.15. The van der Waals surface area contributed by atoms with E-state index in [1.807, 2.05) is 20.8 Å². The van der Waals surface area contributed by atoms with Crippen LogP contribution in [0.2, 0.25) is 0 Å². The van der Waals surface area contributed by atoms with E-state index < -0.39 is 5.60 Å². The quantitative estimate of drug-likeness (QED) is 0.656. The van der Waals surface area contributed by atoms with Gasteiger partial charge in [0.05, 0.1) is 0 Å². The first kappa shape index (κ1) is 16.7. The highest BCUT2D eigenvalue weighted by atomic mass is 16.6. The predicted molar refractivity (Wildman–Crippen MR) is 71.1 cm³/mol. The largest absolute Gasteiger partial charge is 0.444 e. The fourth-order valence-electron chi connectivity index (χ4n) is 1.46. The van der Waals surface area contributed by atoms with Gasteiger partial charge in [0.25, 0.3) is 0 Å². The minimum Gasteiger partial charge on any atom is -0.444 e. The number of amides is 2. The van der Waals surface area contributed by atoms with Gasteiger partial charge in [-0.25, -0.2) is 4.79 Å². The Morgan fingerprint density at radius 1 is 1.06 bits per heavy atom. The molecule has 0 rings (SSSR count). The summed E-state index contributed by atoms with van der Waals surface area (Å²) in [6, 6.07) is 0. The molecule has 0 spiro atoms. The molecule has 3 N–H and O–H groups in total. The molecule has 0 aromatic heterocycles. The maximum Gasteiger partial charge on any atom is 0.407 e. The highest BCUT2D eigenvalue weighted by Crippen LogP contribution is 2.07. The minimum atomic E-state index is -0.446. The van der Waals surface area contributed by atoms with Gasteiger partial charge in [-0.2, -0.15) is 0 Å². The lowest BCUT2D eigenvalue weighted by Crippen LogP contribution is -2.32. The number of hydrogen-bond donors (Lipinski definition) is 2. The highest BCUT2D eigenvalue weighted by Gasteiger charge is 2.15. The molecule has 0 aliphatic carbocycles. The van der Waals surface area contributed by atoms with Crippen LogP contribution in [-0.2, 0) is 9.53 Å². The Kier molecular flexibility index (Phi) is 8.16. The lowest BCUT2D eigenvalue weighted by atomic mass is 10.1. The summed E-state index contributed by atoms with van der Waals surface area (Å²) in [5, 5.41) is 2.71. The Bertz CT molecular complexity index is 259. The number of alkyl carbamates (subject to hydrolysis) is 1. The normalized spacial score (nSPS) is 11.1. The number of nitrogens with two attached hydrogens (primary N) is 1. The van der Waals surface area contributed by atoms with Crippen LogP contribution in [0.3, 0.4) is 0 Å². The van der Waals surface area contributed by atoms with Crippen LogP contribution >= 0.6 is 0 Å². The number of ether oxygens (including phenoxy) is 1. The van der Waals surface area contributed by atoms with Gasteiger partial charge in [-0.15, -0.1) is 0 Å². The second kappa shape index (κ2) is 8.78. The monoisotopic (exact) mass is 258 g/mol. The highest BCUT2D eigenvalue weighted by molar-refractivity contribution is 5.73. The lowest BCUT2D eigenvalue weighted by Gasteiger charge is -2.19. The van der Waals surface area contributed by atoms with Crippen LogP contribution in [0.1, 0.15) is 59.3 Å². The molecule has 0 saturated heterocycles. The zero-order valence-electron chi connectivity index (χ0n) is 11.8. The topological polar surface area (TPSA) is 81.4 Å². The van der Waals surface area contributed by atoms with Crippen molar-refractivity contribution in [3.05, 3.63) is 0 Å². The van der Waals surface area contributed by atoms with Crippen molar-refractivity contribution in [2.24, 2.45) is 5.73 Å². The first-order valence-corrected chi connectivity index (χ1v) is 6.56. The Balaban J connectivity index is 3.30. The Morgan fingerprint density at radius 2 is 1.61 bits per heavy atom. The molecule has 18 heavy (non-hydrogen) atoms. The van der Waals surface area contributed by atoms with E-state index >= 15 is 0 Å². The van der Waals surface area contributed by atoms with Crippen LogP contribution in [-0.4, -0.2) is 24.1 Å². The van der Waals surface area contributed by atoms with E-state index in [1.165, 1.54) is 0 Å². The molecule has 0 bridgehead atoms. The average Bonchev–Trinajstić information content (AvgIpc) is 2.18. The molecule has 0 aromatic rings. The van der Waals surface area contributed by atoms with Crippen molar-refractivity contribution in [3.63, 3.8) is 0 Å². The molecular weight excluding hydrogens is 232 g/mol. The van der Waals surface area contributed by atoms with E-state index in [-0.39, 0.29) is 12.0 Å². The summed E-state index contributed by atoms with van der Waals surface area (Å²) >= 11 is 0. The fraction of sp³-hybridized carbons (Fsp3) is 0.846. The number of unbranched alkanes of at least 4 members (excludes halogenated alkanes) is 4. The second-order valence-corrected chi connectivity index (χ2v) is 5.41. The third kappa shape index (κ3) is 12.8. The van der Waals surface area contributed by atoms with Crippen LogP contribution in [0.25, 0.3) is 0 Å². The van der Waals surface area contributed by atoms with Crippen molar-refractivity contribution >= 4 is 12.0 Å². The molecule has 0 atom stereocenters. The van der Waals surface area contributed by atoms with Crippen LogP contribution in [0.5, 0.6) is 0 Å². The third-order valence-electron chi connectivity index (χ3n) is 2.27. The second-order valence-electron chi connectivity index (χ2n) is 5.41. The SMILES string of the molecule is CC(C)(C)OC(=O)NCCCCCCCC(N)=O. The molecule has 0 heterocycles. The van der Waals surface area contributed by atoms with Crippen molar-refractivity contribution in [2.75, 3.05) is 6.54 Å². The predicted octanol–water partition coefficient (Wildman–Crippen LogP) is 2.34. The van der Waals surface area contributed by atoms with E-state index in [0.717, 1.165) is 32.1 Å². The Morgan fingerprint density at radius 3 is 2.17 bits per heavy atom. The molecule has 0 aliphatic rings. The summed E-state index contributed by atoms with van der Waals surface area (Å²) in [5.74, 6) is -0.235. The molecular formula is C13H26N2O3. The zero-order valence-corrected chi connectivity index (χ0v) is 11.8. The van der Waals surface area contributed by atoms with Gasteiger partial charge in [-0.1, -0.05) is 19.3 Å². The van der Waals surface area contributed by atoms with Crippen LogP contribution < -0.4 is 11.1 Å². The third-order valence-corrected chi connectivity index (χ3v) is 2.27. The van der Waals surface area contributed by atoms with Gasteiger partial charge in [-0.3, -0.25) is 4.79 Å². The molecule has 0 aromatic carbocycles. The minimum absolute atomic E-state index is 0.235. The van der Waals surface area contributed by atoms with Gasteiger partial charge >= 0.3 is 6.09 Å². The van der Waals surface area contributed by atoms with Gasteiger partial charge in [0.2, 0.25) is 5.91 Å². The first-order chi connectivity index (χ1) is 8.31. The van der Waals surface area contributed by atoms with Crippen LogP contribution in [0, 0.1) is 0 Å². The molecule has 0 saturated carbocycles. The summed E-state index contributed by atoms with van der Waals surface area (Å²) < 4.78 is 5.11. The lowest BCUT2D eigenvalue weighted by molar-refractivity contribution is -0.118. The zero-order chi connectivity index (χ0) is 14.0. The molecule has 0 radical (unpaired) electrons. The summed E-state index contributed by atoms with van der Waals surface area (Å²) in [4.78, 5) is 21.8. The number of rotatable bonds is 8. The standard InChI is InChI=1S/C13H26N2O3/c1-13(2,3)18-12(17)15-10-8-6-4-5-7-9-11(14)16/h4-10H2,1-3H3,(H2,14,16)(H,15,17). The fourth-order valence-corrected chi connectivity index (χ4v) is 1.46. The molecule has 0 unspecified atom stereocenters. The Labute approximate surface area is 109 Å². The van der Waals surface area contributed by atoms with Gasteiger partial charge in [0.1, 0.15) is 5.60 Å². The van der Waals surface area contributed by atoms with Gasteiger partial charge in [0, 0.05) is 13.0 Å². The summed E-state index contributed by atoms with van der Waals surface area (Å²) in [6.07, 6.45) is 4.99. The van der Waals surface area contributed by atoms with Crippen LogP contribution in [0.15, 0.2) is 0 Å². The smallest absolute Gasteiger partial charge is 0.407 e. The van der Waals surface area contributed by atoms with Crippen molar-refractivity contribution in [2.45, 2.75) is 64.9 Å². The van der Waals surface area contributed by atoms with Gasteiger partial charge in [0.15, 0.2) is 0 Å². The summed E-state index contributed by atoms with van der Waals surface area (Å²) in [7, 11) is 0. The number of hydrogen-bond acceptors (Lipinski definition) is 3. The first-order valence-electron chi connectivity index (χ1n) is 6.56. The number of carbonyl (C=O) groups excluding carboxylic acids is 2. The van der Waals surface area contributed by atoms with E-state index in [9.17, 15) is 9.59 Å². The maximum atomic E-state index is 11.3. The number of nitrogens with one attached hydrogen (secondary N) is 1. The molecule has 5 heteroatoms. The number of primary amides is 1. The molecule has 2 amide bonds. The summed E-state index contributed by atoms with van der Waals surface area (Å²) in [5.41, 5.74) is 4.59. The van der Waals surface area contributed by atoms with Crippen molar-refractivity contribution in [1.29, 1.82) is 0 Å². The van der Waals surface area contributed by atoms with Gasteiger partial charge < -0.3 is 15.8 Å². The van der Waals surface area contributed by atoms with E-state index in [0.29, 0.717) is 13.0 Å². The van der Waals surface area contributed by atoms with E-state index in [2.05, 4.69) is 5.32 Å². The van der Waals surface area contributed by atoms with Gasteiger partial charge in [-0.05, 0) is 33.6 Å². The van der Waals surface area contributed by atoms with Crippen molar-refractivity contribution in [3.8, 4) is 0 Å². The van der Waals surface area contributed by atoms with E-state index in [4.69, 9.17) is 10.5 Å². The van der Waals surface area contributed by atoms with E-state index in [1.54, 1.807) is 0 Å². The molecule has 0 aliphatic heterocycles. The average molecular weight is 258 g/mol. The molecule has 0 fully saturated rings. The number of carbonyl (C=O) groups is 2. The van der Waals surface area contributed by atoms with Crippen molar-refractivity contribution < 1.29 is 14.3 Å². The maximum absolute atomic E-state index is 11.3.